The molecule has 6 N–H and O–H groups in total. The van der Waals surface area contributed by atoms with Crippen molar-refractivity contribution in [3.63, 3.8) is 0 Å². The number of ether oxygens (including phenoxy) is 1. The van der Waals surface area contributed by atoms with Crippen LogP contribution in [0.2, 0.25) is 0 Å². The van der Waals surface area contributed by atoms with Gasteiger partial charge in [-0.3, -0.25) is 9.59 Å². The fourth-order valence-electron chi connectivity index (χ4n) is 4.69. The normalized spacial score (nSPS) is 21.2. The average molecular weight is 521 g/mol. The lowest BCUT2D eigenvalue weighted by atomic mass is 9.94. The maximum Gasteiger partial charge on any atom is 0.250 e. The number of hydrogen-bond acceptors (Lipinski definition) is 7. The molecule has 0 aliphatic carbocycles. The molecule has 1 saturated heterocycles. The van der Waals surface area contributed by atoms with Gasteiger partial charge < -0.3 is 35.5 Å². The summed E-state index contributed by atoms with van der Waals surface area (Å²) in [6, 6.07) is 19.8. The highest BCUT2D eigenvalue weighted by atomic mass is 16.6. The molecule has 38 heavy (non-hydrogen) atoms. The van der Waals surface area contributed by atoms with Crippen molar-refractivity contribution in [2.24, 2.45) is 11.7 Å². The number of ketones is 1. The van der Waals surface area contributed by atoms with Gasteiger partial charge >= 0.3 is 0 Å². The van der Waals surface area contributed by atoms with Crippen molar-refractivity contribution in [2.45, 2.75) is 38.4 Å². The number of aliphatic hydroxyl groups is 4. The molecule has 4 atom stereocenters. The van der Waals surface area contributed by atoms with Crippen LogP contribution in [-0.2, 0) is 11.3 Å². The first kappa shape index (κ1) is 27.4. The van der Waals surface area contributed by atoms with Gasteiger partial charge in [0.15, 0.2) is 12.1 Å². The van der Waals surface area contributed by atoms with Crippen molar-refractivity contribution >= 4 is 33.4 Å². The molecule has 1 aliphatic rings. The lowest BCUT2D eigenvalue weighted by Crippen LogP contribution is -2.46. The second-order valence-electron chi connectivity index (χ2n) is 9.49. The zero-order chi connectivity index (χ0) is 27.4. The van der Waals surface area contributed by atoms with Crippen molar-refractivity contribution in [3.8, 4) is 0 Å². The van der Waals surface area contributed by atoms with E-state index in [0.717, 1.165) is 16.5 Å². The number of Topliss-reactive ketones (excluding diaryl/α,β-unsaturated/α-hetero) is 1. The predicted molar refractivity (Wildman–Crippen MR) is 143 cm³/mol. The molecule has 4 aromatic rings. The number of amides is 1. The van der Waals surface area contributed by atoms with Gasteiger partial charge in [-0.25, -0.2) is 0 Å². The number of carbonyl (C=O) groups is 2. The summed E-state index contributed by atoms with van der Waals surface area (Å²) in [5.41, 5.74) is 8.57. The van der Waals surface area contributed by atoms with Crippen LogP contribution >= 0.6 is 0 Å². The van der Waals surface area contributed by atoms with E-state index in [2.05, 4.69) is 30.3 Å². The number of carbonyl (C=O) groups excluding carboxylic acids is 2. The Labute approximate surface area is 219 Å². The third kappa shape index (κ3) is 5.93. The van der Waals surface area contributed by atoms with Gasteiger partial charge in [-0.05, 0) is 35.4 Å². The lowest BCUT2D eigenvalue weighted by molar-refractivity contribution is -0.237. The van der Waals surface area contributed by atoms with E-state index in [1.54, 1.807) is 18.3 Å². The second kappa shape index (κ2) is 11.8. The zero-order valence-corrected chi connectivity index (χ0v) is 21.0. The maximum absolute atomic E-state index is 11.8. The highest BCUT2D eigenvalue weighted by Gasteiger charge is 2.35. The summed E-state index contributed by atoms with van der Waals surface area (Å²) in [4.78, 5) is 23.6. The highest BCUT2D eigenvalue weighted by Crippen LogP contribution is 2.26. The number of aliphatic hydroxyl groups excluding tert-OH is 4. The van der Waals surface area contributed by atoms with Crippen LogP contribution in [0.25, 0.3) is 21.7 Å². The molecule has 0 radical (unpaired) electrons. The van der Waals surface area contributed by atoms with Crippen LogP contribution in [0.4, 0.5) is 0 Å². The summed E-state index contributed by atoms with van der Waals surface area (Å²) in [6.45, 7) is 1.58. The minimum Gasteiger partial charge on any atom is -0.396 e. The van der Waals surface area contributed by atoms with Crippen LogP contribution < -0.4 is 5.73 Å². The number of primary amides is 1. The molecule has 5 rings (SSSR count). The Kier molecular flexibility index (Phi) is 8.55. The van der Waals surface area contributed by atoms with E-state index in [4.69, 9.17) is 20.7 Å². The Hall–Kier alpha value is -3.60. The Bertz CT molecular complexity index is 1440. The minimum atomic E-state index is -1.18. The van der Waals surface area contributed by atoms with Crippen LogP contribution in [0.5, 0.6) is 0 Å². The first-order chi connectivity index (χ1) is 18.2. The van der Waals surface area contributed by atoms with Gasteiger partial charge in [0.05, 0.1) is 36.9 Å². The van der Waals surface area contributed by atoms with Crippen molar-refractivity contribution in [1.82, 2.24) is 4.57 Å². The summed E-state index contributed by atoms with van der Waals surface area (Å²) in [7, 11) is 0. The van der Waals surface area contributed by atoms with Crippen molar-refractivity contribution < 1.29 is 34.8 Å². The van der Waals surface area contributed by atoms with Gasteiger partial charge in [0.1, 0.15) is 0 Å². The van der Waals surface area contributed by atoms with Gasteiger partial charge in [-0.15, -0.1) is 0 Å². The van der Waals surface area contributed by atoms with Crippen molar-refractivity contribution in [2.75, 3.05) is 13.2 Å². The molecule has 1 aromatic heterocycles. The largest absolute Gasteiger partial charge is 0.396 e. The summed E-state index contributed by atoms with van der Waals surface area (Å²) in [5.74, 6) is -1.14. The third-order valence-corrected chi connectivity index (χ3v) is 6.83. The molecule has 0 bridgehead atoms. The summed E-state index contributed by atoms with van der Waals surface area (Å²) in [5, 5.41) is 39.0. The molecule has 0 spiro atoms. The molecular weight excluding hydrogens is 488 g/mol. The molecule has 4 unspecified atom stereocenters. The third-order valence-electron chi connectivity index (χ3n) is 6.83. The lowest BCUT2D eigenvalue weighted by Gasteiger charge is -2.35. The van der Waals surface area contributed by atoms with Crippen LogP contribution in [-0.4, -0.2) is 68.4 Å². The first-order valence-electron chi connectivity index (χ1n) is 12.4. The number of rotatable bonds is 6. The van der Waals surface area contributed by atoms with Gasteiger partial charge in [-0.2, -0.15) is 0 Å². The number of hydrogen-bond donors (Lipinski definition) is 5. The molecule has 9 heteroatoms. The highest BCUT2D eigenvalue weighted by molar-refractivity contribution is 6.08. The van der Waals surface area contributed by atoms with Gasteiger partial charge in [0, 0.05) is 35.6 Å². The molecular formula is C29H32N2O7. The van der Waals surface area contributed by atoms with Gasteiger partial charge in [0.2, 0.25) is 0 Å². The summed E-state index contributed by atoms with van der Waals surface area (Å²) in [6.07, 6.45) is -0.505. The standard InChI is InChI=1S/C22H18N2O2.C7H14O5/c1-14(25)17-8-9-19-20(22(23)26)13-24(21(19)11-17)12-15-6-7-16-4-2-3-5-18(16)10-15;8-2-4-1-6(10)5(3-9)7(11)12-4/h2-11,13H,12H2,1H3,(H2,23,26);4-11H,1-3H2. The zero-order valence-electron chi connectivity index (χ0n) is 21.0. The van der Waals surface area contributed by atoms with E-state index in [1.165, 1.54) is 17.7 Å². The van der Waals surface area contributed by atoms with E-state index < -0.39 is 30.3 Å². The van der Waals surface area contributed by atoms with E-state index in [-0.39, 0.29) is 25.4 Å². The van der Waals surface area contributed by atoms with Crippen molar-refractivity contribution in [3.05, 3.63) is 83.6 Å². The number of benzene rings is 3. The second-order valence-corrected chi connectivity index (χ2v) is 9.49. The number of nitrogens with zero attached hydrogens (tertiary/aromatic N) is 1. The molecule has 1 fully saturated rings. The van der Waals surface area contributed by atoms with E-state index in [9.17, 15) is 19.8 Å². The molecule has 3 aromatic carbocycles. The predicted octanol–water partition coefficient (Wildman–Crippen LogP) is 2.20. The average Bonchev–Trinajstić information content (AvgIpc) is 3.26. The number of aromatic nitrogens is 1. The molecule has 9 nitrogen and oxygen atoms in total. The van der Waals surface area contributed by atoms with Gasteiger partial charge in [-0.1, -0.05) is 48.5 Å². The number of nitrogens with two attached hydrogens (primary N) is 1. The van der Waals surface area contributed by atoms with Crippen LogP contribution in [0.15, 0.2) is 66.9 Å². The Balaban J connectivity index is 0.000000236. The van der Waals surface area contributed by atoms with E-state index in [0.29, 0.717) is 17.7 Å². The Morgan fingerprint density at radius 1 is 1.00 bits per heavy atom. The van der Waals surface area contributed by atoms with Crippen LogP contribution in [0.1, 0.15) is 39.6 Å². The van der Waals surface area contributed by atoms with E-state index in [1.807, 2.05) is 22.8 Å². The maximum atomic E-state index is 11.8. The number of fused-ring (bicyclic) bond motifs is 2. The van der Waals surface area contributed by atoms with Gasteiger partial charge in [0.25, 0.3) is 5.91 Å². The Morgan fingerprint density at radius 3 is 2.37 bits per heavy atom. The summed E-state index contributed by atoms with van der Waals surface area (Å²) >= 11 is 0. The van der Waals surface area contributed by atoms with E-state index >= 15 is 0 Å². The van der Waals surface area contributed by atoms with Crippen LogP contribution in [0.3, 0.4) is 0 Å². The fourth-order valence-corrected chi connectivity index (χ4v) is 4.69. The molecule has 200 valence electrons. The fraction of sp³-hybridized carbons (Fsp3) is 0.310. The molecule has 1 aliphatic heterocycles. The SMILES string of the molecule is CC(=O)c1ccc2c(C(N)=O)cn(Cc3ccc4ccccc4c3)c2c1.OCC1CC(O)C(CO)C(O)O1. The van der Waals surface area contributed by atoms with Crippen LogP contribution in [0, 0.1) is 5.92 Å². The molecule has 2 heterocycles. The quantitative estimate of drug-likeness (QED) is 0.244. The first-order valence-corrected chi connectivity index (χ1v) is 12.4. The Morgan fingerprint density at radius 2 is 1.74 bits per heavy atom. The summed E-state index contributed by atoms with van der Waals surface area (Å²) < 4.78 is 6.87. The topological polar surface area (TPSA) is 155 Å². The minimum absolute atomic E-state index is 0.00835. The molecule has 1 amide bonds. The van der Waals surface area contributed by atoms with Crippen molar-refractivity contribution in [1.29, 1.82) is 0 Å². The smallest absolute Gasteiger partial charge is 0.250 e. The molecule has 0 saturated carbocycles. The monoisotopic (exact) mass is 520 g/mol.